The fraction of sp³-hybridized carbons (Fsp3) is 0.0625. The van der Waals surface area contributed by atoms with Crippen LogP contribution in [0.3, 0.4) is 0 Å². The Balaban J connectivity index is 1.52. The number of hydrogen-bond acceptors (Lipinski definition) is 3. The van der Waals surface area contributed by atoms with Crippen molar-refractivity contribution in [1.82, 2.24) is 0 Å². The zero-order chi connectivity index (χ0) is 23.8. The molecule has 0 spiro atoms. The van der Waals surface area contributed by atoms with Crippen molar-refractivity contribution in [3.8, 4) is 34.5 Å². The van der Waals surface area contributed by atoms with Crippen molar-refractivity contribution in [2.75, 3.05) is 14.2 Å². The van der Waals surface area contributed by atoms with Gasteiger partial charge in [-0.25, -0.2) is 0 Å². The van der Waals surface area contributed by atoms with Gasteiger partial charge in [-0.1, -0.05) is 78.6 Å². The summed E-state index contributed by atoms with van der Waals surface area (Å²) in [4.78, 5) is 0. The van der Waals surface area contributed by atoms with E-state index in [0.29, 0.717) is 11.5 Å². The fourth-order valence-corrected chi connectivity index (χ4v) is 4.68. The van der Waals surface area contributed by atoms with Crippen molar-refractivity contribution in [3.05, 3.63) is 108 Å². The number of fused-ring (bicyclic) bond motifs is 4. The summed E-state index contributed by atoms with van der Waals surface area (Å²) < 4.78 is 16.8. The van der Waals surface area contributed by atoms with Crippen LogP contribution in [0.25, 0.3) is 43.6 Å². The second-order valence-corrected chi connectivity index (χ2v) is 8.34. The highest BCUT2D eigenvalue weighted by Gasteiger charge is 2.15. The molecule has 5 aromatic carbocycles. The van der Waals surface area contributed by atoms with Gasteiger partial charge in [0.15, 0.2) is 11.5 Å². The molecule has 0 aliphatic heterocycles. The molecule has 35 heavy (non-hydrogen) atoms. The lowest BCUT2D eigenvalue weighted by Gasteiger charge is -2.08. The highest BCUT2D eigenvalue weighted by atomic mass is 16.5. The summed E-state index contributed by atoms with van der Waals surface area (Å²) in [7, 11) is 3.26. The van der Waals surface area contributed by atoms with Gasteiger partial charge in [-0.15, -0.1) is 0 Å². The monoisotopic (exact) mass is 454 g/mol. The molecule has 0 amide bonds. The molecule has 0 atom stereocenters. The number of furan rings is 1. The second kappa shape index (κ2) is 8.59. The largest absolute Gasteiger partial charge is 0.493 e. The zero-order valence-electron chi connectivity index (χ0n) is 19.5. The molecule has 0 fully saturated rings. The van der Waals surface area contributed by atoms with Crippen molar-refractivity contribution in [3.63, 3.8) is 0 Å². The Morgan fingerprint density at radius 3 is 2.06 bits per heavy atom. The Bertz CT molecular complexity index is 1780. The van der Waals surface area contributed by atoms with E-state index in [2.05, 4.69) is 72.5 Å². The zero-order valence-corrected chi connectivity index (χ0v) is 19.5. The molecule has 0 unspecified atom stereocenters. The van der Waals surface area contributed by atoms with E-state index in [0.717, 1.165) is 38.6 Å². The molecule has 0 radical (unpaired) electrons. The highest BCUT2D eigenvalue weighted by Crippen LogP contribution is 2.39. The Hall–Kier alpha value is -4.68. The van der Waals surface area contributed by atoms with Crippen LogP contribution in [0, 0.1) is 11.8 Å². The first-order chi connectivity index (χ1) is 17.3. The van der Waals surface area contributed by atoms with E-state index in [1.54, 1.807) is 20.5 Å². The van der Waals surface area contributed by atoms with Crippen LogP contribution >= 0.6 is 0 Å². The van der Waals surface area contributed by atoms with Crippen LogP contribution in [0.15, 0.2) is 102 Å². The van der Waals surface area contributed by atoms with Gasteiger partial charge in [-0.2, -0.15) is 0 Å². The molecule has 168 valence electrons. The third kappa shape index (κ3) is 3.57. The van der Waals surface area contributed by atoms with Gasteiger partial charge in [-0.3, -0.25) is 0 Å². The lowest BCUT2D eigenvalue weighted by molar-refractivity contribution is 0.355. The molecule has 0 aliphatic carbocycles. The summed E-state index contributed by atoms with van der Waals surface area (Å²) in [5.41, 5.74) is 4.66. The third-order valence-electron chi connectivity index (χ3n) is 6.40. The maximum Gasteiger partial charge on any atom is 0.164 e. The summed E-state index contributed by atoms with van der Waals surface area (Å²) in [6.07, 6.45) is 1.77. The van der Waals surface area contributed by atoms with Gasteiger partial charge in [-0.05, 0) is 39.7 Å². The molecular weight excluding hydrogens is 432 g/mol. The first-order valence-corrected chi connectivity index (χ1v) is 11.4. The number of rotatable bonds is 3. The summed E-state index contributed by atoms with van der Waals surface area (Å²) >= 11 is 0. The average Bonchev–Trinajstić information content (AvgIpc) is 3.33. The molecule has 0 bridgehead atoms. The van der Waals surface area contributed by atoms with E-state index in [9.17, 15) is 0 Å². The van der Waals surface area contributed by atoms with Crippen LogP contribution < -0.4 is 9.47 Å². The topological polar surface area (TPSA) is 31.6 Å². The molecule has 6 aromatic rings. The van der Waals surface area contributed by atoms with Crippen molar-refractivity contribution < 1.29 is 13.9 Å². The SMILES string of the molecule is COc1cc2occ(-c3ccccc3C#Cc3cc4ccccc4c4ccccc34)c2cc1OC. The fourth-order valence-electron chi connectivity index (χ4n) is 4.68. The van der Waals surface area contributed by atoms with Crippen LogP contribution in [0.4, 0.5) is 0 Å². The standard InChI is InChI=1S/C32H22O3/c1-33-31-18-28-29(20-35-30(28)19-32(31)34-2)24-11-5-3-9-21(24)15-16-23-17-22-10-4-6-12-25(22)27-14-8-7-13-26(23)27/h3-14,17-20H,1-2H3. The minimum absolute atomic E-state index is 0.636. The van der Waals surface area contributed by atoms with E-state index >= 15 is 0 Å². The molecule has 1 aromatic heterocycles. The first kappa shape index (κ1) is 20.9. The molecule has 3 heteroatoms. The van der Waals surface area contributed by atoms with Crippen LogP contribution in [-0.2, 0) is 0 Å². The highest BCUT2D eigenvalue weighted by molar-refractivity contribution is 6.10. The Morgan fingerprint density at radius 2 is 1.23 bits per heavy atom. The van der Waals surface area contributed by atoms with E-state index in [1.807, 2.05) is 30.3 Å². The van der Waals surface area contributed by atoms with Crippen LogP contribution in [0.1, 0.15) is 11.1 Å². The first-order valence-electron chi connectivity index (χ1n) is 11.4. The van der Waals surface area contributed by atoms with Crippen molar-refractivity contribution in [2.45, 2.75) is 0 Å². The van der Waals surface area contributed by atoms with Gasteiger partial charge >= 0.3 is 0 Å². The molecule has 0 N–H and O–H groups in total. The smallest absolute Gasteiger partial charge is 0.164 e. The molecule has 0 saturated heterocycles. The quantitative estimate of drug-likeness (QED) is 0.202. The minimum Gasteiger partial charge on any atom is -0.493 e. The van der Waals surface area contributed by atoms with E-state index in [-0.39, 0.29) is 0 Å². The molecule has 1 heterocycles. The van der Waals surface area contributed by atoms with Crippen LogP contribution in [0.2, 0.25) is 0 Å². The summed E-state index contributed by atoms with van der Waals surface area (Å²) in [6, 6.07) is 31.0. The second-order valence-electron chi connectivity index (χ2n) is 8.34. The lowest BCUT2D eigenvalue weighted by atomic mass is 9.96. The van der Waals surface area contributed by atoms with Gasteiger partial charge < -0.3 is 13.9 Å². The van der Waals surface area contributed by atoms with Gasteiger partial charge in [0.2, 0.25) is 0 Å². The van der Waals surface area contributed by atoms with Crippen molar-refractivity contribution in [2.24, 2.45) is 0 Å². The predicted molar refractivity (Wildman–Crippen MR) is 142 cm³/mol. The van der Waals surface area contributed by atoms with Crippen LogP contribution in [-0.4, -0.2) is 14.2 Å². The van der Waals surface area contributed by atoms with Crippen LogP contribution in [0.5, 0.6) is 11.5 Å². The van der Waals surface area contributed by atoms with Gasteiger partial charge in [0, 0.05) is 33.7 Å². The molecule has 0 saturated carbocycles. The maximum absolute atomic E-state index is 5.89. The number of methoxy groups -OCH3 is 2. The van der Waals surface area contributed by atoms with Crippen molar-refractivity contribution >= 4 is 32.5 Å². The molecule has 6 rings (SSSR count). The van der Waals surface area contributed by atoms with E-state index in [4.69, 9.17) is 13.9 Å². The molecule has 0 aliphatic rings. The number of ether oxygens (including phenoxy) is 2. The Kier molecular flexibility index (Phi) is 5.13. The maximum atomic E-state index is 5.89. The summed E-state index contributed by atoms with van der Waals surface area (Å²) in [5.74, 6) is 8.20. The lowest BCUT2D eigenvalue weighted by Crippen LogP contribution is -1.90. The predicted octanol–water partition coefficient (Wildman–Crippen LogP) is 7.82. The van der Waals surface area contributed by atoms with Gasteiger partial charge in [0.05, 0.1) is 20.5 Å². The van der Waals surface area contributed by atoms with Gasteiger partial charge in [0.1, 0.15) is 5.58 Å². The summed E-state index contributed by atoms with van der Waals surface area (Å²) in [6.45, 7) is 0. The normalized spacial score (nSPS) is 10.9. The number of benzene rings is 5. The summed E-state index contributed by atoms with van der Waals surface area (Å²) in [5, 5.41) is 5.74. The Morgan fingerprint density at radius 1 is 0.571 bits per heavy atom. The average molecular weight is 455 g/mol. The van der Waals surface area contributed by atoms with Gasteiger partial charge in [0.25, 0.3) is 0 Å². The van der Waals surface area contributed by atoms with E-state index < -0.39 is 0 Å². The molecule has 3 nitrogen and oxygen atoms in total. The molecular formula is C32H22O3. The third-order valence-corrected chi connectivity index (χ3v) is 6.40. The minimum atomic E-state index is 0.636. The van der Waals surface area contributed by atoms with E-state index in [1.165, 1.54) is 16.2 Å². The van der Waals surface area contributed by atoms with Crippen molar-refractivity contribution in [1.29, 1.82) is 0 Å². The Labute approximate surface area is 203 Å². The number of hydrogen-bond donors (Lipinski definition) is 0.